The van der Waals surface area contributed by atoms with E-state index < -0.39 is 24.1 Å². The van der Waals surface area contributed by atoms with Gasteiger partial charge in [0, 0.05) is 6.04 Å². The molecule has 1 aliphatic heterocycles. The number of carboxylic acid groups (broad SMARTS) is 1. The Balaban J connectivity index is 2.92. The molecular weight excluding hydrogens is 264 g/mol. The van der Waals surface area contributed by atoms with Crippen molar-refractivity contribution in [2.24, 2.45) is 5.92 Å². The molecule has 0 saturated carbocycles. The Morgan fingerprint density at radius 3 is 2.35 bits per heavy atom. The lowest BCUT2D eigenvalue weighted by Crippen LogP contribution is -2.55. The normalized spacial score (nSPS) is 23.6. The van der Waals surface area contributed by atoms with Gasteiger partial charge in [0.15, 0.2) is 0 Å². The van der Waals surface area contributed by atoms with Crippen molar-refractivity contribution in [3.8, 4) is 0 Å². The maximum absolute atomic E-state index is 12.6. The Labute approximate surface area is 118 Å². The van der Waals surface area contributed by atoms with Gasteiger partial charge in [0.2, 0.25) is 5.91 Å². The third-order valence-corrected chi connectivity index (χ3v) is 3.60. The predicted octanol–water partition coefficient (Wildman–Crippen LogP) is 0.831. The summed E-state index contributed by atoms with van der Waals surface area (Å²) in [4.78, 5) is 36.5. The van der Waals surface area contributed by atoms with Crippen LogP contribution in [0.3, 0.4) is 0 Å². The van der Waals surface area contributed by atoms with E-state index in [1.165, 1.54) is 12.0 Å². The van der Waals surface area contributed by atoms with E-state index in [4.69, 9.17) is 0 Å². The van der Waals surface area contributed by atoms with Crippen LogP contribution in [0.25, 0.3) is 0 Å². The summed E-state index contributed by atoms with van der Waals surface area (Å²) in [6.45, 7) is 5.39. The molecule has 0 aromatic heterocycles. The highest BCUT2D eigenvalue weighted by Crippen LogP contribution is 2.26. The number of ether oxygens (including phenoxy) is 1. The lowest BCUT2D eigenvalue weighted by molar-refractivity contribution is -0.150. The number of likely N-dealkylation sites (tertiary alicyclic amines) is 1. The number of hydrogen-bond acceptors (Lipinski definition) is 4. The Morgan fingerprint density at radius 2 is 1.90 bits per heavy atom. The van der Waals surface area contributed by atoms with Crippen molar-refractivity contribution < 1.29 is 24.2 Å². The summed E-state index contributed by atoms with van der Waals surface area (Å²) in [6.07, 6.45) is 0.382. The minimum atomic E-state index is -1.01. The van der Waals surface area contributed by atoms with Gasteiger partial charge in [-0.2, -0.15) is 0 Å². The number of carbonyl (C=O) groups is 3. The molecule has 1 saturated heterocycles. The van der Waals surface area contributed by atoms with Crippen LogP contribution in [0.5, 0.6) is 0 Å². The highest BCUT2D eigenvalue weighted by Gasteiger charge is 2.42. The van der Waals surface area contributed by atoms with E-state index in [2.05, 4.69) is 10.1 Å². The zero-order chi connectivity index (χ0) is 15.4. The van der Waals surface area contributed by atoms with E-state index in [9.17, 15) is 19.5 Å². The van der Waals surface area contributed by atoms with Crippen molar-refractivity contribution in [1.29, 1.82) is 0 Å². The van der Waals surface area contributed by atoms with Gasteiger partial charge in [0.1, 0.15) is 12.1 Å². The van der Waals surface area contributed by atoms with Gasteiger partial charge < -0.3 is 20.1 Å². The Bertz CT molecular complexity index is 396. The first-order chi connectivity index (χ1) is 9.29. The quantitative estimate of drug-likeness (QED) is 0.798. The molecule has 1 rings (SSSR count). The van der Waals surface area contributed by atoms with Crippen molar-refractivity contribution in [1.82, 2.24) is 10.2 Å². The van der Waals surface area contributed by atoms with Crippen molar-refractivity contribution >= 4 is 18.0 Å². The van der Waals surface area contributed by atoms with Gasteiger partial charge in [0.05, 0.1) is 7.11 Å². The van der Waals surface area contributed by atoms with Crippen LogP contribution in [0.4, 0.5) is 4.79 Å². The molecule has 3 atom stereocenters. The molecule has 1 heterocycles. The molecule has 0 bridgehead atoms. The zero-order valence-corrected chi connectivity index (χ0v) is 12.3. The van der Waals surface area contributed by atoms with Crippen LogP contribution in [0.1, 0.15) is 33.6 Å². The molecule has 0 unspecified atom stereocenters. The van der Waals surface area contributed by atoms with E-state index in [0.29, 0.717) is 12.8 Å². The maximum Gasteiger partial charge on any atom is 0.407 e. The Hall–Kier alpha value is -1.79. The summed E-state index contributed by atoms with van der Waals surface area (Å²) in [5.41, 5.74) is 0. The summed E-state index contributed by atoms with van der Waals surface area (Å²) in [7, 11) is 1.22. The van der Waals surface area contributed by atoms with E-state index in [1.54, 1.807) is 13.8 Å². The second-order valence-electron chi connectivity index (χ2n) is 5.38. The van der Waals surface area contributed by atoms with Crippen LogP contribution in [-0.4, -0.2) is 53.2 Å². The molecule has 7 nitrogen and oxygen atoms in total. The van der Waals surface area contributed by atoms with Crippen LogP contribution in [0, 0.1) is 5.92 Å². The van der Waals surface area contributed by atoms with E-state index in [-0.39, 0.29) is 17.9 Å². The number of nitrogens with one attached hydrogen (secondary N) is 1. The molecule has 0 spiro atoms. The molecule has 1 fully saturated rings. The van der Waals surface area contributed by atoms with Gasteiger partial charge >= 0.3 is 12.1 Å². The molecule has 20 heavy (non-hydrogen) atoms. The van der Waals surface area contributed by atoms with Crippen molar-refractivity contribution in [2.75, 3.05) is 7.11 Å². The number of methoxy groups -OCH3 is 1. The Kier molecular flexibility index (Phi) is 5.35. The lowest BCUT2D eigenvalue weighted by Gasteiger charge is -2.31. The molecule has 0 aliphatic carbocycles. The fourth-order valence-electron chi connectivity index (χ4n) is 2.46. The SMILES string of the molecule is COC(=O)N[C@@H](C(=O)N1[C@@H](C)CC[C@H]1C(=O)O)C(C)C. The molecule has 7 heteroatoms. The topological polar surface area (TPSA) is 95.9 Å². The van der Waals surface area contributed by atoms with Gasteiger partial charge in [-0.3, -0.25) is 4.79 Å². The molecule has 2 amide bonds. The molecule has 0 radical (unpaired) electrons. The van der Waals surface area contributed by atoms with Gasteiger partial charge in [-0.05, 0) is 25.7 Å². The first-order valence-electron chi connectivity index (χ1n) is 6.69. The average molecular weight is 286 g/mol. The number of hydrogen-bond donors (Lipinski definition) is 2. The summed E-state index contributed by atoms with van der Waals surface area (Å²) in [5.74, 6) is -1.55. The van der Waals surface area contributed by atoms with Gasteiger partial charge in [-0.15, -0.1) is 0 Å². The predicted molar refractivity (Wildman–Crippen MR) is 71.1 cm³/mol. The monoisotopic (exact) mass is 286 g/mol. The fourth-order valence-corrected chi connectivity index (χ4v) is 2.46. The number of carbonyl (C=O) groups excluding carboxylic acids is 2. The molecule has 0 aromatic rings. The standard InChI is InChI=1S/C13H22N2O5/c1-7(2)10(14-13(19)20-4)11(16)15-8(3)5-6-9(15)12(17)18/h7-10H,5-6H2,1-4H3,(H,14,19)(H,17,18)/t8-,9-,10+/m0/s1. The second-order valence-corrected chi connectivity index (χ2v) is 5.38. The van der Waals surface area contributed by atoms with Crippen LogP contribution in [-0.2, 0) is 14.3 Å². The molecule has 114 valence electrons. The number of rotatable bonds is 4. The first-order valence-corrected chi connectivity index (χ1v) is 6.69. The third-order valence-electron chi connectivity index (χ3n) is 3.60. The first kappa shape index (κ1) is 16.3. The third kappa shape index (κ3) is 3.40. The summed E-state index contributed by atoms with van der Waals surface area (Å²) >= 11 is 0. The van der Waals surface area contributed by atoms with Gasteiger partial charge in [-0.1, -0.05) is 13.8 Å². The van der Waals surface area contributed by atoms with Crippen LogP contribution in [0.2, 0.25) is 0 Å². The van der Waals surface area contributed by atoms with Crippen LogP contribution < -0.4 is 5.32 Å². The summed E-state index contributed by atoms with van der Waals surface area (Å²) in [5, 5.41) is 11.7. The van der Waals surface area contributed by atoms with E-state index in [0.717, 1.165) is 0 Å². The lowest BCUT2D eigenvalue weighted by atomic mass is 10.0. The smallest absolute Gasteiger partial charge is 0.407 e. The number of amides is 2. The van der Waals surface area contributed by atoms with Gasteiger partial charge in [0.25, 0.3) is 0 Å². The minimum absolute atomic E-state index is 0.149. The summed E-state index contributed by atoms with van der Waals surface area (Å²) in [6, 6.07) is -1.76. The van der Waals surface area contributed by atoms with E-state index >= 15 is 0 Å². The van der Waals surface area contributed by atoms with Gasteiger partial charge in [-0.25, -0.2) is 9.59 Å². The van der Waals surface area contributed by atoms with Crippen molar-refractivity contribution in [3.05, 3.63) is 0 Å². The molecule has 1 aliphatic rings. The molecular formula is C13H22N2O5. The largest absolute Gasteiger partial charge is 0.480 e. The van der Waals surface area contributed by atoms with Crippen LogP contribution in [0.15, 0.2) is 0 Å². The number of aliphatic carboxylic acids is 1. The fraction of sp³-hybridized carbons (Fsp3) is 0.769. The zero-order valence-electron chi connectivity index (χ0n) is 12.3. The summed E-state index contributed by atoms with van der Waals surface area (Å²) < 4.78 is 4.51. The van der Waals surface area contributed by atoms with Crippen molar-refractivity contribution in [2.45, 2.75) is 51.7 Å². The second kappa shape index (κ2) is 6.58. The van der Waals surface area contributed by atoms with E-state index in [1.807, 2.05) is 6.92 Å². The number of carboxylic acids is 1. The molecule has 2 N–H and O–H groups in total. The highest BCUT2D eigenvalue weighted by atomic mass is 16.5. The van der Waals surface area contributed by atoms with Crippen molar-refractivity contribution in [3.63, 3.8) is 0 Å². The highest BCUT2D eigenvalue weighted by molar-refractivity contribution is 5.90. The number of nitrogens with zero attached hydrogens (tertiary/aromatic N) is 1. The number of alkyl carbamates (subject to hydrolysis) is 1. The van der Waals surface area contributed by atoms with Crippen LogP contribution >= 0.6 is 0 Å². The average Bonchev–Trinajstić information content (AvgIpc) is 2.76. The Morgan fingerprint density at radius 1 is 1.30 bits per heavy atom. The minimum Gasteiger partial charge on any atom is -0.480 e. The maximum atomic E-state index is 12.6. The molecule has 0 aromatic carbocycles.